The second-order valence-electron chi connectivity index (χ2n) is 5.74. The summed E-state index contributed by atoms with van der Waals surface area (Å²) in [5, 5.41) is 7.67. The maximum Gasteiger partial charge on any atom is 0.245 e. The van der Waals surface area contributed by atoms with Gasteiger partial charge in [-0.1, -0.05) is 13.8 Å². The monoisotopic (exact) mass is 264 g/mol. The van der Waals surface area contributed by atoms with E-state index in [1.807, 2.05) is 24.9 Å². The van der Waals surface area contributed by atoms with Gasteiger partial charge in [0.25, 0.3) is 0 Å². The van der Waals surface area contributed by atoms with Crippen LogP contribution in [0.1, 0.15) is 32.4 Å². The third kappa shape index (κ3) is 3.15. The van der Waals surface area contributed by atoms with Crippen molar-refractivity contribution in [2.24, 2.45) is 13.0 Å². The molecule has 1 aromatic heterocycles. The van der Waals surface area contributed by atoms with Crippen LogP contribution in [0.4, 0.5) is 5.82 Å². The van der Waals surface area contributed by atoms with Gasteiger partial charge in [-0.2, -0.15) is 5.10 Å². The van der Waals surface area contributed by atoms with E-state index in [2.05, 4.69) is 24.3 Å². The van der Waals surface area contributed by atoms with Crippen molar-refractivity contribution >= 4 is 11.7 Å². The first kappa shape index (κ1) is 14.1. The van der Waals surface area contributed by atoms with E-state index in [-0.39, 0.29) is 11.9 Å². The summed E-state index contributed by atoms with van der Waals surface area (Å²) in [6.07, 6.45) is 1.98. The van der Waals surface area contributed by atoms with Crippen molar-refractivity contribution < 1.29 is 4.79 Å². The maximum atomic E-state index is 12.4. The quantitative estimate of drug-likeness (QED) is 0.876. The summed E-state index contributed by atoms with van der Waals surface area (Å²) in [5.41, 5.74) is 0.946. The van der Waals surface area contributed by atoms with Crippen LogP contribution in [0, 0.1) is 12.8 Å². The summed E-state index contributed by atoms with van der Waals surface area (Å²) in [7, 11) is 1.88. The fraction of sp³-hybridized carbons (Fsp3) is 0.714. The molecular weight excluding hydrogens is 240 g/mol. The van der Waals surface area contributed by atoms with Crippen LogP contribution in [0.15, 0.2) is 6.07 Å². The second-order valence-corrected chi connectivity index (χ2v) is 5.74. The largest absolute Gasteiger partial charge is 0.306 e. The molecule has 1 N–H and O–H groups in total. The van der Waals surface area contributed by atoms with E-state index >= 15 is 0 Å². The Morgan fingerprint density at radius 2 is 2.26 bits per heavy atom. The van der Waals surface area contributed by atoms with E-state index in [0.29, 0.717) is 5.92 Å². The van der Waals surface area contributed by atoms with Gasteiger partial charge in [-0.3, -0.25) is 14.4 Å². The van der Waals surface area contributed by atoms with E-state index in [1.54, 1.807) is 4.68 Å². The van der Waals surface area contributed by atoms with Crippen molar-refractivity contribution in [2.45, 2.75) is 39.7 Å². The highest BCUT2D eigenvalue weighted by atomic mass is 16.2. The summed E-state index contributed by atoms with van der Waals surface area (Å²) in [5.74, 6) is 1.74. The molecule has 0 spiro atoms. The highest BCUT2D eigenvalue weighted by Crippen LogP contribution is 2.21. The summed E-state index contributed by atoms with van der Waals surface area (Å²) in [6, 6.07) is 1.93. The molecule has 5 heteroatoms. The Hall–Kier alpha value is -1.36. The van der Waals surface area contributed by atoms with Gasteiger partial charge in [-0.25, -0.2) is 0 Å². The van der Waals surface area contributed by atoms with Crippen molar-refractivity contribution in [3.8, 4) is 0 Å². The standard InChI is InChI=1S/C14H24N4O/c1-10(2)5-7-15-12-6-8-18(14(12)19)13-9-11(3)16-17(13)4/h9-10,12,15H,5-8H2,1-4H3/t12-/m0/s1. The second kappa shape index (κ2) is 5.74. The molecule has 0 radical (unpaired) electrons. The number of nitrogens with one attached hydrogen (secondary N) is 1. The third-order valence-corrected chi connectivity index (χ3v) is 3.57. The number of aromatic nitrogens is 2. The number of carbonyl (C=O) groups excluding carboxylic acids is 1. The Morgan fingerprint density at radius 3 is 2.84 bits per heavy atom. The summed E-state index contributed by atoms with van der Waals surface area (Å²) >= 11 is 0. The fourth-order valence-corrected chi connectivity index (χ4v) is 2.49. The topological polar surface area (TPSA) is 50.2 Å². The van der Waals surface area contributed by atoms with E-state index in [4.69, 9.17) is 0 Å². The minimum Gasteiger partial charge on any atom is -0.306 e. The van der Waals surface area contributed by atoms with Gasteiger partial charge in [0, 0.05) is 19.7 Å². The molecular formula is C14H24N4O. The van der Waals surface area contributed by atoms with E-state index in [0.717, 1.165) is 37.4 Å². The predicted octanol–water partition coefficient (Wildman–Crippen LogP) is 1.47. The number of amides is 1. The number of hydrogen-bond donors (Lipinski definition) is 1. The Morgan fingerprint density at radius 1 is 1.53 bits per heavy atom. The van der Waals surface area contributed by atoms with Crippen LogP contribution >= 0.6 is 0 Å². The van der Waals surface area contributed by atoms with Gasteiger partial charge in [0.15, 0.2) is 0 Å². The zero-order valence-corrected chi connectivity index (χ0v) is 12.3. The van der Waals surface area contributed by atoms with Gasteiger partial charge in [0.1, 0.15) is 5.82 Å². The fourth-order valence-electron chi connectivity index (χ4n) is 2.49. The molecule has 1 fully saturated rings. The van der Waals surface area contributed by atoms with E-state index in [1.165, 1.54) is 0 Å². The van der Waals surface area contributed by atoms with Gasteiger partial charge >= 0.3 is 0 Å². The molecule has 0 bridgehead atoms. The van der Waals surface area contributed by atoms with E-state index < -0.39 is 0 Å². The number of anilines is 1. The average molecular weight is 264 g/mol. The first-order chi connectivity index (χ1) is 8.99. The lowest BCUT2D eigenvalue weighted by molar-refractivity contribution is -0.118. The van der Waals surface area contributed by atoms with E-state index in [9.17, 15) is 4.79 Å². The number of carbonyl (C=O) groups is 1. The van der Waals surface area contributed by atoms with Crippen LogP contribution in [-0.4, -0.2) is 34.8 Å². The van der Waals surface area contributed by atoms with Gasteiger partial charge < -0.3 is 5.32 Å². The summed E-state index contributed by atoms with van der Waals surface area (Å²) in [4.78, 5) is 14.2. The molecule has 0 saturated carbocycles. The molecule has 0 unspecified atom stereocenters. The lowest BCUT2D eigenvalue weighted by atomic mass is 10.1. The molecule has 5 nitrogen and oxygen atoms in total. The smallest absolute Gasteiger partial charge is 0.245 e. The van der Waals surface area contributed by atoms with Gasteiger partial charge in [0.2, 0.25) is 5.91 Å². The van der Waals surface area contributed by atoms with Crippen LogP contribution in [0.5, 0.6) is 0 Å². The number of nitrogens with zero attached hydrogens (tertiary/aromatic N) is 3. The molecule has 0 aliphatic carbocycles. The minimum atomic E-state index is -0.0334. The molecule has 2 rings (SSSR count). The lowest BCUT2D eigenvalue weighted by Crippen LogP contribution is -2.39. The zero-order chi connectivity index (χ0) is 14.0. The molecule has 1 aromatic rings. The molecule has 19 heavy (non-hydrogen) atoms. The van der Waals surface area contributed by atoms with Crippen molar-refractivity contribution in [2.75, 3.05) is 18.0 Å². The molecule has 1 amide bonds. The van der Waals surface area contributed by atoms with Crippen LogP contribution < -0.4 is 10.2 Å². The third-order valence-electron chi connectivity index (χ3n) is 3.57. The number of aryl methyl sites for hydroxylation is 2. The van der Waals surface area contributed by atoms with Crippen LogP contribution in [0.2, 0.25) is 0 Å². The van der Waals surface area contributed by atoms with Gasteiger partial charge in [-0.15, -0.1) is 0 Å². The molecule has 1 saturated heterocycles. The van der Waals surface area contributed by atoms with Crippen molar-refractivity contribution in [3.05, 3.63) is 11.8 Å². The maximum absolute atomic E-state index is 12.4. The lowest BCUT2D eigenvalue weighted by Gasteiger charge is -2.17. The minimum absolute atomic E-state index is 0.0334. The molecule has 106 valence electrons. The van der Waals surface area contributed by atoms with Gasteiger partial charge in [-0.05, 0) is 32.2 Å². The van der Waals surface area contributed by atoms with Crippen molar-refractivity contribution in [1.29, 1.82) is 0 Å². The predicted molar refractivity (Wildman–Crippen MR) is 76.2 cm³/mol. The van der Waals surface area contributed by atoms with Crippen LogP contribution in [-0.2, 0) is 11.8 Å². The summed E-state index contributed by atoms with van der Waals surface area (Å²) < 4.78 is 1.78. The molecule has 1 atom stereocenters. The SMILES string of the molecule is Cc1cc(N2CC[C@H](NCCC(C)C)C2=O)n(C)n1. The molecule has 1 aliphatic heterocycles. The molecule has 0 aromatic carbocycles. The Labute approximate surface area is 115 Å². The van der Waals surface area contributed by atoms with Gasteiger partial charge in [0.05, 0.1) is 11.7 Å². The Balaban J connectivity index is 1.96. The van der Waals surface area contributed by atoms with Crippen LogP contribution in [0.25, 0.3) is 0 Å². The van der Waals surface area contributed by atoms with Crippen molar-refractivity contribution in [1.82, 2.24) is 15.1 Å². The first-order valence-electron chi connectivity index (χ1n) is 7.04. The highest BCUT2D eigenvalue weighted by Gasteiger charge is 2.33. The normalized spacial score (nSPS) is 19.7. The Bertz CT molecular complexity index is 452. The first-order valence-corrected chi connectivity index (χ1v) is 7.04. The number of hydrogen-bond acceptors (Lipinski definition) is 3. The zero-order valence-electron chi connectivity index (χ0n) is 12.3. The Kier molecular flexibility index (Phi) is 4.24. The molecule has 1 aliphatic rings. The highest BCUT2D eigenvalue weighted by molar-refractivity contribution is 5.98. The number of rotatable bonds is 5. The average Bonchev–Trinajstić information content (AvgIpc) is 2.83. The van der Waals surface area contributed by atoms with Crippen LogP contribution in [0.3, 0.4) is 0 Å². The summed E-state index contributed by atoms with van der Waals surface area (Å²) in [6.45, 7) is 8.03. The van der Waals surface area contributed by atoms with Crippen molar-refractivity contribution in [3.63, 3.8) is 0 Å². The molecule has 2 heterocycles.